The van der Waals surface area contributed by atoms with E-state index in [0.29, 0.717) is 5.88 Å². The minimum atomic E-state index is -2.46. The van der Waals surface area contributed by atoms with E-state index >= 15 is 0 Å². The molecule has 1 saturated carbocycles. The number of alkyl halides is 2. The fourth-order valence-corrected chi connectivity index (χ4v) is 4.14. The molecule has 2 aliphatic rings. The number of hydrogen-bond donors (Lipinski definition) is 0. The highest BCUT2D eigenvalue weighted by Gasteiger charge is 2.17. The molecule has 5 heteroatoms. The molecule has 0 aromatic carbocycles. The highest BCUT2D eigenvalue weighted by Crippen LogP contribution is 2.27. The zero-order chi connectivity index (χ0) is 17.5. The van der Waals surface area contributed by atoms with Gasteiger partial charge < -0.3 is 9.64 Å². The minimum absolute atomic E-state index is 0.324. The molecule has 0 atom stereocenters. The summed E-state index contributed by atoms with van der Waals surface area (Å²) in [6.07, 6.45) is 9.19. The molecule has 0 amide bonds. The van der Waals surface area contributed by atoms with Crippen LogP contribution < -0.4 is 4.74 Å². The van der Waals surface area contributed by atoms with E-state index in [0.717, 1.165) is 37.5 Å². The normalized spacial score (nSPS) is 19.6. The molecule has 0 N–H and O–H groups in total. The van der Waals surface area contributed by atoms with Crippen molar-refractivity contribution >= 4 is 0 Å². The maximum Gasteiger partial charge on any atom is 0.272 e. The van der Waals surface area contributed by atoms with Crippen molar-refractivity contribution in [3.63, 3.8) is 0 Å². The van der Waals surface area contributed by atoms with Gasteiger partial charge in [0, 0.05) is 31.3 Å². The average molecular weight is 352 g/mol. The van der Waals surface area contributed by atoms with Gasteiger partial charge in [-0.3, -0.25) is 0 Å². The summed E-state index contributed by atoms with van der Waals surface area (Å²) in [5.74, 6) is 1.28. The van der Waals surface area contributed by atoms with Crippen LogP contribution in [0.1, 0.15) is 56.2 Å². The molecule has 0 radical (unpaired) electrons. The molecule has 1 aliphatic carbocycles. The Morgan fingerprint density at radius 3 is 2.72 bits per heavy atom. The van der Waals surface area contributed by atoms with E-state index in [9.17, 15) is 8.78 Å². The summed E-state index contributed by atoms with van der Waals surface area (Å²) in [7, 11) is 0. The number of aromatic nitrogens is 1. The second-order valence-corrected chi connectivity index (χ2v) is 7.45. The maximum atomic E-state index is 12.3. The molecule has 140 valence electrons. The van der Waals surface area contributed by atoms with Crippen LogP contribution >= 0.6 is 0 Å². The number of rotatable bonds is 7. The van der Waals surface area contributed by atoms with Gasteiger partial charge >= 0.3 is 0 Å². The van der Waals surface area contributed by atoms with E-state index < -0.39 is 13.0 Å². The summed E-state index contributed by atoms with van der Waals surface area (Å²) in [4.78, 5) is 6.98. The Morgan fingerprint density at radius 1 is 1.12 bits per heavy atom. The van der Waals surface area contributed by atoms with Gasteiger partial charge in [0.05, 0.1) is 0 Å². The van der Waals surface area contributed by atoms with Crippen LogP contribution in [-0.2, 0) is 12.8 Å². The number of fused-ring (bicyclic) bond motifs is 1. The molecular weight excluding hydrogens is 322 g/mol. The van der Waals surface area contributed by atoms with Crippen molar-refractivity contribution in [2.75, 3.05) is 26.2 Å². The summed E-state index contributed by atoms with van der Waals surface area (Å²) in [6, 6.07) is 3.72. The van der Waals surface area contributed by atoms with E-state index in [2.05, 4.69) is 9.88 Å². The van der Waals surface area contributed by atoms with Crippen molar-refractivity contribution in [3.8, 4) is 5.88 Å². The maximum absolute atomic E-state index is 12.3. The van der Waals surface area contributed by atoms with Gasteiger partial charge in [0.25, 0.3) is 6.43 Å². The van der Waals surface area contributed by atoms with Gasteiger partial charge in [0.1, 0.15) is 0 Å². The predicted molar refractivity (Wildman–Crippen MR) is 95.4 cm³/mol. The Labute approximate surface area is 149 Å². The first-order chi connectivity index (χ1) is 12.2. The van der Waals surface area contributed by atoms with E-state index in [-0.39, 0.29) is 0 Å². The number of nitrogens with zero attached hydrogens (tertiary/aromatic N) is 2. The Bertz CT molecular complexity index is 532. The number of pyridine rings is 1. The van der Waals surface area contributed by atoms with Gasteiger partial charge in [-0.25, -0.2) is 13.8 Å². The molecule has 1 aromatic heterocycles. The third kappa shape index (κ3) is 5.91. The number of hydrogen-bond acceptors (Lipinski definition) is 3. The highest BCUT2D eigenvalue weighted by molar-refractivity contribution is 5.27. The fourth-order valence-electron chi connectivity index (χ4n) is 4.14. The molecule has 0 bridgehead atoms. The second kappa shape index (κ2) is 9.46. The lowest BCUT2D eigenvalue weighted by molar-refractivity contribution is 0.0794. The van der Waals surface area contributed by atoms with Crippen LogP contribution in [0.5, 0.6) is 5.88 Å². The smallest absolute Gasteiger partial charge is 0.272 e. The van der Waals surface area contributed by atoms with Gasteiger partial charge in [0.2, 0.25) is 5.88 Å². The topological polar surface area (TPSA) is 25.4 Å². The van der Waals surface area contributed by atoms with E-state index in [4.69, 9.17) is 4.74 Å². The molecule has 3 nitrogen and oxygen atoms in total. The molecule has 1 aliphatic heterocycles. The summed E-state index contributed by atoms with van der Waals surface area (Å²) < 4.78 is 29.6. The van der Waals surface area contributed by atoms with Gasteiger partial charge in [-0.05, 0) is 37.3 Å². The Balaban J connectivity index is 1.44. The second-order valence-electron chi connectivity index (χ2n) is 7.45. The molecule has 1 fully saturated rings. The lowest BCUT2D eigenvalue weighted by Gasteiger charge is -2.24. The molecular formula is C20H30F2N2O. The lowest BCUT2D eigenvalue weighted by Crippen LogP contribution is -2.28. The Morgan fingerprint density at radius 2 is 1.92 bits per heavy atom. The third-order valence-electron chi connectivity index (χ3n) is 5.57. The first-order valence-electron chi connectivity index (χ1n) is 9.83. The van der Waals surface area contributed by atoms with Gasteiger partial charge in [-0.15, -0.1) is 0 Å². The zero-order valence-corrected chi connectivity index (χ0v) is 15.1. The Hall–Kier alpha value is -1.23. The Kier molecular flexibility index (Phi) is 7.02. The van der Waals surface area contributed by atoms with Gasteiger partial charge in [0.15, 0.2) is 6.61 Å². The molecule has 2 heterocycles. The number of ether oxygens (including phenoxy) is 1. The first kappa shape index (κ1) is 18.6. The molecule has 1 aromatic rings. The van der Waals surface area contributed by atoms with Crippen LogP contribution in [0.3, 0.4) is 0 Å². The zero-order valence-electron chi connectivity index (χ0n) is 15.1. The number of halogens is 2. The van der Waals surface area contributed by atoms with E-state index in [1.807, 2.05) is 6.07 Å². The molecule has 25 heavy (non-hydrogen) atoms. The van der Waals surface area contributed by atoms with Crippen LogP contribution in [0.2, 0.25) is 0 Å². The standard InChI is InChI=1S/C20H30F2N2O/c21-19(22)15-25-20-9-8-17-10-13-24(14-11-18(17)23-20)12-4-7-16-5-2-1-3-6-16/h8-9,16,19H,1-7,10-15H2. The summed E-state index contributed by atoms with van der Waals surface area (Å²) >= 11 is 0. The first-order valence-corrected chi connectivity index (χ1v) is 9.83. The summed E-state index contributed by atoms with van der Waals surface area (Å²) in [5, 5.41) is 0. The van der Waals surface area contributed by atoms with E-state index in [1.165, 1.54) is 57.1 Å². The molecule has 0 saturated heterocycles. The van der Waals surface area contributed by atoms with Crippen molar-refractivity contribution in [3.05, 3.63) is 23.4 Å². The highest BCUT2D eigenvalue weighted by atomic mass is 19.3. The van der Waals surface area contributed by atoms with Gasteiger partial charge in [-0.1, -0.05) is 38.2 Å². The fraction of sp³-hybridized carbons (Fsp3) is 0.750. The van der Waals surface area contributed by atoms with Crippen LogP contribution in [0, 0.1) is 5.92 Å². The minimum Gasteiger partial charge on any atom is -0.472 e. The summed E-state index contributed by atoms with van der Waals surface area (Å²) in [6.45, 7) is 2.65. The van der Waals surface area contributed by atoms with E-state index in [1.54, 1.807) is 6.07 Å². The van der Waals surface area contributed by atoms with Crippen LogP contribution in [0.15, 0.2) is 12.1 Å². The molecule has 3 rings (SSSR count). The van der Waals surface area contributed by atoms with Crippen molar-refractivity contribution in [1.82, 2.24) is 9.88 Å². The van der Waals surface area contributed by atoms with Crippen molar-refractivity contribution in [2.24, 2.45) is 5.92 Å². The van der Waals surface area contributed by atoms with Crippen LogP contribution in [0.4, 0.5) is 8.78 Å². The summed E-state index contributed by atoms with van der Waals surface area (Å²) in [5.41, 5.74) is 2.25. The monoisotopic (exact) mass is 352 g/mol. The average Bonchev–Trinajstić information content (AvgIpc) is 2.83. The SMILES string of the molecule is FC(F)COc1ccc2c(n1)CCN(CCCC1CCCCC1)CC2. The largest absolute Gasteiger partial charge is 0.472 e. The molecule has 0 spiro atoms. The van der Waals surface area contributed by atoms with Crippen LogP contribution in [0.25, 0.3) is 0 Å². The lowest BCUT2D eigenvalue weighted by atomic mass is 9.86. The quantitative estimate of drug-likeness (QED) is 0.723. The van der Waals surface area contributed by atoms with Crippen molar-refractivity contribution in [2.45, 2.75) is 64.2 Å². The predicted octanol–water partition coefficient (Wildman–Crippen LogP) is 4.49. The van der Waals surface area contributed by atoms with Crippen LogP contribution in [-0.4, -0.2) is 42.6 Å². The van der Waals surface area contributed by atoms with Crippen molar-refractivity contribution in [1.29, 1.82) is 0 Å². The third-order valence-corrected chi connectivity index (χ3v) is 5.57. The van der Waals surface area contributed by atoms with Gasteiger partial charge in [-0.2, -0.15) is 0 Å². The van der Waals surface area contributed by atoms with Crippen molar-refractivity contribution < 1.29 is 13.5 Å². The molecule has 0 unspecified atom stereocenters.